The molecule has 0 atom stereocenters. The van der Waals surface area contributed by atoms with Gasteiger partial charge in [0, 0.05) is 12.3 Å². The number of pyridine rings is 1. The lowest BCUT2D eigenvalue weighted by Crippen LogP contribution is -2.23. The van der Waals surface area contributed by atoms with Crippen molar-refractivity contribution in [1.82, 2.24) is 24.9 Å². The van der Waals surface area contributed by atoms with E-state index in [0.29, 0.717) is 11.2 Å². The third-order valence-corrected chi connectivity index (χ3v) is 4.87. The molecule has 0 aliphatic heterocycles. The largest absolute Gasteiger partial charge is 0.418 e. The predicted molar refractivity (Wildman–Crippen MR) is 88.4 cm³/mol. The summed E-state index contributed by atoms with van der Waals surface area (Å²) in [5.74, 6) is -0.380. The number of rotatable bonds is 5. The maximum Gasteiger partial charge on any atom is 0.417 e. The molecule has 0 radical (unpaired) electrons. The standard InChI is InChI=1S/C15H11N5O5S/c21-15-18-10-5-4-9(7-12(10)24-15)26(22,23)17-8-13-19-20-14(25-13)11-3-1-2-6-16-11/h1-7,17H,8H2,(H,18,21). The molecule has 0 saturated carbocycles. The van der Waals surface area contributed by atoms with Crippen molar-refractivity contribution >= 4 is 21.1 Å². The highest BCUT2D eigenvalue weighted by atomic mass is 32.2. The van der Waals surface area contributed by atoms with Gasteiger partial charge in [0.2, 0.25) is 15.9 Å². The van der Waals surface area contributed by atoms with Gasteiger partial charge in [0.15, 0.2) is 5.58 Å². The minimum Gasteiger partial charge on any atom is -0.418 e. The van der Waals surface area contributed by atoms with Crippen LogP contribution < -0.4 is 10.5 Å². The number of benzene rings is 1. The van der Waals surface area contributed by atoms with Crippen LogP contribution in [-0.2, 0) is 16.6 Å². The topological polar surface area (TPSA) is 144 Å². The normalized spacial score (nSPS) is 11.8. The Balaban J connectivity index is 1.52. The van der Waals surface area contributed by atoms with E-state index in [1.807, 2.05) is 0 Å². The van der Waals surface area contributed by atoms with E-state index in [2.05, 4.69) is 24.9 Å². The Kier molecular flexibility index (Phi) is 3.86. The number of aromatic nitrogens is 4. The third-order valence-electron chi connectivity index (χ3n) is 3.47. The highest BCUT2D eigenvalue weighted by molar-refractivity contribution is 7.89. The summed E-state index contributed by atoms with van der Waals surface area (Å²) in [7, 11) is -3.87. The second kappa shape index (κ2) is 6.20. The smallest absolute Gasteiger partial charge is 0.417 e. The van der Waals surface area contributed by atoms with Crippen molar-refractivity contribution < 1.29 is 17.3 Å². The van der Waals surface area contributed by atoms with Crippen molar-refractivity contribution in [3.05, 3.63) is 59.0 Å². The molecule has 0 aliphatic carbocycles. The monoisotopic (exact) mass is 373 g/mol. The molecule has 4 aromatic rings. The molecule has 2 N–H and O–H groups in total. The Hall–Kier alpha value is -3.31. The van der Waals surface area contributed by atoms with Gasteiger partial charge >= 0.3 is 5.76 Å². The first kappa shape index (κ1) is 16.2. The summed E-state index contributed by atoms with van der Waals surface area (Å²) in [6.07, 6.45) is 1.58. The number of hydrogen-bond acceptors (Lipinski definition) is 8. The lowest BCUT2D eigenvalue weighted by atomic mass is 10.3. The average molecular weight is 373 g/mol. The maximum atomic E-state index is 12.4. The number of hydrogen-bond donors (Lipinski definition) is 2. The SMILES string of the molecule is O=c1[nH]c2ccc(S(=O)(=O)NCc3nnc(-c4ccccn4)o3)cc2o1. The zero-order chi connectivity index (χ0) is 18.1. The molecule has 0 bridgehead atoms. The molecule has 10 nitrogen and oxygen atoms in total. The van der Waals surface area contributed by atoms with E-state index >= 15 is 0 Å². The highest BCUT2D eigenvalue weighted by Crippen LogP contribution is 2.18. The first-order valence-electron chi connectivity index (χ1n) is 7.38. The molecule has 0 amide bonds. The van der Waals surface area contributed by atoms with Crippen LogP contribution in [0.15, 0.2) is 61.1 Å². The van der Waals surface area contributed by atoms with E-state index in [9.17, 15) is 13.2 Å². The van der Waals surface area contributed by atoms with Gasteiger partial charge in [-0.25, -0.2) is 17.9 Å². The zero-order valence-electron chi connectivity index (χ0n) is 13.0. The second-order valence-corrected chi connectivity index (χ2v) is 6.98. The number of H-pyrrole nitrogens is 1. The van der Waals surface area contributed by atoms with Crippen molar-refractivity contribution in [2.45, 2.75) is 11.4 Å². The molecule has 0 unspecified atom stereocenters. The molecular formula is C15H11N5O5S. The Morgan fingerprint density at radius 2 is 2.00 bits per heavy atom. The van der Waals surface area contributed by atoms with Gasteiger partial charge in [0.25, 0.3) is 5.89 Å². The molecule has 132 valence electrons. The van der Waals surface area contributed by atoms with Crippen LogP contribution in [0.5, 0.6) is 0 Å². The van der Waals surface area contributed by atoms with Gasteiger partial charge in [0.1, 0.15) is 5.69 Å². The van der Waals surface area contributed by atoms with Crippen LogP contribution in [0.3, 0.4) is 0 Å². The minimum atomic E-state index is -3.87. The van der Waals surface area contributed by atoms with E-state index in [1.54, 1.807) is 24.4 Å². The number of oxazole rings is 1. The van der Waals surface area contributed by atoms with Gasteiger partial charge in [-0.15, -0.1) is 10.2 Å². The Bertz CT molecular complexity index is 1230. The molecule has 3 heterocycles. The fourth-order valence-corrected chi connectivity index (χ4v) is 3.24. The van der Waals surface area contributed by atoms with Gasteiger partial charge in [0.05, 0.1) is 17.0 Å². The van der Waals surface area contributed by atoms with Crippen LogP contribution in [-0.4, -0.2) is 28.6 Å². The van der Waals surface area contributed by atoms with Crippen molar-refractivity contribution in [3.8, 4) is 11.6 Å². The summed E-state index contributed by atoms with van der Waals surface area (Å²) in [6.45, 7) is -0.197. The number of sulfonamides is 1. The fourth-order valence-electron chi connectivity index (χ4n) is 2.25. The van der Waals surface area contributed by atoms with Crippen molar-refractivity contribution in [3.63, 3.8) is 0 Å². The molecule has 26 heavy (non-hydrogen) atoms. The molecule has 3 aromatic heterocycles. The Morgan fingerprint density at radius 1 is 1.12 bits per heavy atom. The molecule has 0 fully saturated rings. The van der Waals surface area contributed by atoms with Gasteiger partial charge < -0.3 is 8.83 Å². The molecule has 4 rings (SSSR count). The number of nitrogens with one attached hydrogen (secondary N) is 2. The zero-order valence-corrected chi connectivity index (χ0v) is 13.9. The summed E-state index contributed by atoms with van der Waals surface area (Å²) in [5, 5.41) is 7.63. The lowest BCUT2D eigenvalue weighted by molar-refractivity contribution is 0.493. The number of aromatic amines is 1. The maximum absolute atomic E-state index is 12.4. The summed E-state index contributed by atoms with van der Waals surface area (Å²) in [5.41, 5.74) is 1.04. The van der Waals surface area contributed by atoms with Crippen LogP contribution >= 0.6 is 0 Å². The third kappa shape index (κ3) is 3.12. The minimum absolute atomic E-state index is 0.0581. The van der Waals surface area contributed by atoms with E-state index < -0.39 is 15.8 Å². The number of nitrogens with zero attached hydrogens (tertiary/aromatic N) is 3. The van der Waals surface area contributed by atoms with E-state index in [4.69, 9.17) is 8.83 Å². The molecular weight excluding hydrogens is 362 g/mol. The van der Waals surface area contributed by atoms with E-state index in [0.717, 1.165) is 0 Å². The molecule has 0 aliphatic rings. The average Bonchev–Trinajstić information content (AvgIpc) is 3.25. The lowest BCUT2D eigenvalue weighted by Gasteiger charge is -2.04. The van der Waals surface area contributed by atoms with E-state index in [-0.39, 0.29) is 28.8 Å². The van der Waals surface area contributed by atoms with Gasteiger partial charge in [-0.3, -0.25) is 9.97 Å². The summed E-state index contributed by atoms with van der Waals surface area (Å²) >= 11 is 0. The van der Waals surface area contributed by atoms with Gasteiger partial charge in [-0.05, 0) is 24.3 Å². The first-order chi connectivity index (χ1) is 12.5. The Morgan fingerprint density at radius 3 is 2.81 bits per heavy atom. The summed E-state index contributed by atoms with van der Waals surface area (Å²) < 4.78 is 37.4. The second-order valence-electron chi connectivity index (χ2n) is 5.21. The van der Waals surface area contributed by atoms with Crippen LogP contribution in [0.1, 0.15) is 5.89 Å². The van der Waals surface area contributed by atoms with Crippen molar-refractivity contribution in [1.29, 1.82) is 0 Å². The van der Waals surface area contributed by atoms with E-state index in [1.165, 1.54) is 18.2 Å². The van der Waals surface area contributed by atoms with Crippen molar-refractivity contribution in [2.24, 2.45) is 0 Å². The van der Waals surface area contributed by atoms with Crippen LogP contribution in [0.4, 0.5) is 0 Å². The van der Waals surface area contributed by atoms with Crippen LogP contribution in [0.2, 0.25) is 0 Å². The highest BCUT2D eigenvalue weighted by Gasteiger charge is 2.18. The fraction of sp³-hybridized carbons (Fsp3) is 0.0667. The molecule has 11 heteroatoms. The van der Waals surface area contributed by atoms with Gasteiger partial charge in [-0.2, -0.15) is 0 Å². The summed E-state index contributed by atoms with van der Waals surface area (Å²) in [4.78, 5) is 17.6. The quantitative estimate of drug-likeness (QED) is 0.528. The molecule has 1 aromatic carbocycles. The van der Waals surface area contributed by atoms with Gasteiger partial charge in [-0.1, -0.05) is 6.07 Å². The molecule has 0 saturated heterocycles. The van der Waals surface area contributed by atoms with Crippen LogP contribution in [0, 0.1) is 0 Å². The van der Waals surface area contributed by atoms with Crippen molar-refractivity contribution in [2.75, 3.05) is 0 Å². The Labute approximate surface area is 146 Å². The first-order valence-corrected chi connectivity index (χ1v) is 8.86. The number of fused-ring (bicyclic) bond motifs is 1. The van der Waals surface area contributed by atoms with Crippen LogP contribution in [0.25, 0.3) is 22.7 Å². The predicted octanol–water partition coefficient (Wildman–Crippen LogP) is 1.04. The summed E-state index contributed by atoms with van der Waals surface area (Å²) in [6, 6.07) is 9.26. The molecule has 0 spiro atoms.